The van der Waals surface area contributed by atoms with Crippen LogP contribution in [0.25, 0.3) is 0 Å². The van der Waals surface area contributed by atoms with Gasteiger partial charge < -0.3 is 10.2 Å². The lowest BCUT2D eigenvalue weighted by molar-refractivity contribution is 0.236. The van der Waals surface area contributed by atoms with Crippen molar-refractivity contribution in [2.75, 3.05) is 19.6 Å². The van der Waals surface area contributed by atoms with E-state index < -0.39 is 0 Å². The quantitative estimate of drug-likeness (QED) is 0.678. The van der Waals surface area contributed by atoms with Crippen molar-refractivity contribution in [3.63, 3.8) is 0 Å². The fourth-order valence-corrected chi connectivity index (χ4v) is 1.90. The Kier molecular flexibility index (Phi) is 4.74. The Labute approximate surface area is 82.7 Å². The number of likely N-dealkylation sites (N-methyl/N-ethyl adjacent to an activating group) is 1. The first-order valence-electron chi connectivity index (χ1n) is 5.74. The Morgan fingerprint density at radius 2 is 1.92 bits per heavy atom. The number of hydrogen-bond donors (Lipinski definition) is 1. The minimum absolute atomic E-state index is 0.658. The molecule has 0 aliphatic heterocycles. The van der Waals surface area contributed by atoms with E-state index in [1.807, 2.05) is 0 Å². The van der Waals surface area contributed by atoms with Crippen LogP contribution in [0.5, 0.6) is 0 Å². The molecule has 1 atom stereocenters. The zero-order valence-electron chi connectivity index (χ0n) is 9.34. The van der Waals surface area contributed by atoms with E-state index in [-0.39, 0.29) is 0 Å². The third kappa shape index (κ3) is 3.65. The molecule has 1 aliphatic carbocycles. The maximum atomic E-state index is 3.67. The van der Waals surface area contributed by atoms with Crippen LogP contribution in [0.4, 0.5) is 0 Å². The lowest BCUT2D eigenvalue weighted by atomic mass is 9.92. The zero-order valence-corrected chi connectivity index (χ0v) is 9.34. The van der Waals surface area contributed by atoms with Gasteiger partial charge in [-0.2, -0.15) is 0 Å². The average Bonchev–Trinajstić information content (AvgIpc) is 2.07. The Morgan fingerprint density at radius 3 is 2.31 bits per heavy atom. The van der Waals surface area contributed by atoms with E-state index in [2.05, 4.69) is 31.0 Å². The smallest absolute Gasteiger partial charge is 0.0169 e. The van der Waals surface area contributed by atoms with Crippen LogP contribution < -0.4 is 5.32 Å². The SMILES string of the molecule is CCN(CC)CC(C)NC1CCC1. The van der Waals surface area contributed by atoms with Crippen LogP contribution in [0.15, 0.2) is 0 Å². The molecular formula is C11H24N2. The third-order valence-electron chi connectivity index (χ3n) is 3.05. The van der Waals surface area contributed by atoms with E-state index in [0.717, 1.165) is 6.04 Å². The summed E-state index contributed by atoms with van der Waals surface area (Å²) in [5.41, 5.74) is 0. The molecule has 2 nitrogen and oxygen atoms in total. The van der Waals surface area contributed by atoms with Gasteiger partial charge >= 0.3 is 0 Å². The number of nitrogens with one attached hydrogen (secondary N) is 1. The van der Waals surface area contributed by atoms with E-state index in [9.17, 15) is 0 Å². The standard InChI is InChI=1S/C11H24N2/c1-4-13(5-2)9-10(3)12-11-7-6-8-11/h10-12H,4-9H2,1-3H3. The van der Waals surface area contributed by atoms with Crippen molar-refractivity contribution in [3.05, 3.63) is 0 Å². The molecule has 1 rings (SSSR count). The molecule has 1 aliphatic rings. The highest BCUT2D eigenvalue weighted by molar-refractivity contribution is 4.80. The normalized spacial score (nSPS) is 20.3. The van der Waals surface area contributed by atoms with Crippen molar-refractivity contribution in [1.29, 1.82) is 0 Å². The first-order chi connectivity index (χ1) is 6.26. The Balaban J connectivity index is 2.10. The number of nitrogens with zero attached hydrogens (tertiary/aromatic N) is 1. The third-order valence-corrected chi connectivity index (χ3v) is 3.05. The van der Waals surface area contributed by atoms with Crippen LogP contribution in [0.3, 0.4) is 0 Å². The molecule has 0 saturated heterocycles. The van der Waals surface area contributed by atoms with Crippen LogP contribution >= 0.6 is 0 Å². The molecule has 0 heterocycles. The molecule has 1 N–H and O–H groups in total. The summed E-state index contributed by atoms with van der Waals surface area (Å²) < 4.78 is 0. The lowest BCUT2D eigenvalue weighted by Crippen LogP contribution is -2.46. The summed E-state index contributed by atoms with van der Waals surface area (Å²) in [5.74, 6) is 0. The zero-order chi connectivity index (χ0) is 9.68. The molecular weight excluding hydrogens is 160 g/mol. The van der Waals surface area contributed by atoms with Crippen molar-refractivity contribution < 1.29 is 0 Å². The molecule has 0 radical (unpaired) electrons. The van der Waals surface area contributed by atoms with Crippen LogP contribution in [0.2, 0.25) is 0 Å². The Hall–Kier alpha value is -0.0800. The summed E-state index contributed by atoms with van der Waals surface area (Å²) in [6, 6.07) is 1.48. The van der Waals surface area contributed by atoms with Gasteiger partial charge in [-0.3, -0.25) is 0 Å². The molecule has 0 bridgehead atoms. The Bertz CT molecular complexity index is 128. The second kappa shape index (κ2) is 5.61. The fraction of sp³-hybridized carbons (Fsp3) is 1.00. The average molecular weight is 184 g/mol. The van der Waals surface area contributed by atoms with Crippen LogP contribution in [0, 0.1) is 0 Å². The topological polar surface area (TPSA) is 15.3 Å². The van der Waals surface area contributed by atoms with Crippen LogP contribution in [-0.2, 0) is 0 Å². The summed E-state index contributed by atoms with van der Waals surface area (Å²) in [6.45, 7) is 10.3. The predicted octanol–water partition coefficient (Wildman–Crippen LogP) is 1.86. The van der Waals surface area contributed by atoms with Crippen molar-refractivity contribution in [3.8, 4) is 0 Å². The van der Waals surface area contributed by atoms with Gasteiger partial charge in [0.05, 0.1) is 0 Å². The molecule has 78 valence electrons. The van der Waals surface area contributed by atoms with E-state index >= 15 is 0 Å². The highest BCUT2D eigenvalue weighted by Crippen LogP contribution is 2.18. The van der Waals surface area contributed by atoms with E-state index in [0.29, 0.717) is 6.04 Å². The van der Waals surface area contributed by atoms with Crippen molar-refractivity contribution >= 4 is 0 Å². The lowest BCUT2D eigenvalue weighted by Gasteiger charge is -2.32. The van der Waals surface area contributed by atoms with Gasteiger partial charge in [0.15, 0.2) is 0 Å². The molecule has 0 aromatic heterocycles. The summed E-state index contributed by atoms with van der Waals surface area (Å²) in [5, 5.41) is 3.67. The highest BCUT2D eigenvalue weighted by Gasteiger charge is 2.19. The first-order valence-corrected chi connectivity index (χ1v) is 5.74. The van der Waals surface area contributed by atoms with Crippen LogP contribution in [-0.4, -0.2) is 36.6 Å². The predicted molar refractivity (Wildman–Crippen MR) is 58.0 cm³/mol. The molecule has 1 unspecified atom stereocenters. The van der Waals surface area contributed by atoms with Gasteiger partial charge in [-0.15, -0.1) is 0 Å². The summed E-state index contributed by atoms with van der Waals surface area (Å²) in [6.07, 6.45) is 4.21. The van der Waals surface area contributed by atoms with Gasteiger partial charge in [-0.1, -0.05) is 20.3 Å². The second-order valence-electron chi connectivity index (χ2n) is 4.18. The molecule has 0 amide bonds. The molecule has 13 heavy (non-hydrogen) atoms. The van der Waals surface area contributed by atoms with E-state index in [1.54, 1.807) is 0 Å². The van der Waals surface area contributed by atoms with E-state index in [1.165, 1.54) is 38.9 Å². The monoisotopic (exact) mass is 184 g/mol. The second-order valence-corrected chi connectivity index (χ2v) is 4.18. The molecule has 0 aromatic rings. The van der Waals surface area contributed by atoms with Gasteiger partial charge in [0.2, 0.25) is 0 Å². The first kappa shape index (κ1) is 11.0. The largest absolute Gasteiger partial charge is 0.310 e. The maximum Gasteiger partial charge on any atom is 0.0169 e. The number of hydrogen-bond acceptors (Lipinski definition) is 2. The van der Waals surface area contributed by atoms with Gasteiger partial charge in [-0.05, 0) is 32.9 Å². The van der Waals surface area contributed by atoms with Gasteiger partial charge in [0.1, 0.15) is 0 Å². The molecule has 0 spiro atoms. The molecule has 1 saturated carbocycles. The Morgan fingerprint density at radius 1 is 1.31 bits per heavy atom. The molecule has 2 heteroatoms. The van der Waals surface area contributed by atoms with Crippen molar-refractivity contribution in [1.82, 2.24) is 10.2 Å². The fourth-order valence-electron chi connectivity index (χ4n) is 1.90. The van der Waals surface area contributed by atoms with Crippen molar-refractivity contribution in [2.45, 2.75) is 52.1 Å². The molecule has 0 aromatic carbocycles. The highest BCUT2D eigenvalue weighted by atomic mass is 15.1. The van der Waals surface area contributed by atoms with E-state index in [4.69, 9.17) is 0 Å². The maximum absolute atomic E-state index is 3.67. The molecule has 1 fully saturated rings. The number of rotatable bonds is 6. The summed E-state index contributed by atoms with van der Waals surface area (Å²) >= 11 is 0. The van der Waals surface area contributed by atoms with Crippen LogP contribution in [0.1, 0.15) is 40.0 Å². The van der Waals surface area contributed by atoms with Gasteiger partial charge in [-0.25, -0.2) is 0 Å². The summed E-state index contributed by atoms with van der Waals surface area (Å²) in [7, 11) is 0. The van der Waals surface area contributed by atoms with Gasteiger partial charge in [0.25, 0.3) is 0 Å². The summed E-state index contributed by atoms with van der Waals surface area (Å²) in [4.78, 5) is 2.48. The van der Waals surface area contributed by atoms with Crippen molar-refractivity contribution in [2.24, 2.45) is 0 Å². The minimum Gasteiger partial charge on any atom is -0.310 e. The minimum atomic E-state index is 0.658. The van der Waals surface area contributed by atoms with Gasteiger partial charge in [0, 0.05) is 18.6 Å².